The van der Waals surface area contributed by atoms with Crippen LogP contribution < -0.4 is 0 Å². The zero-order chi connectivity index (χ0) is 14.6. The van der Waals surface area contributed by atoms with E-state index in [0.29, 0.717) is 10.7 Å². The zero-order valence-corrected chi connectivity index (χ0v) is 11.4. The largest absolute Gasteiger partial charge is 0.274 e. The average Bonchev–Trinajstić information content (AvgIpc) is 2.35. The molecule has 1 aromatic rings. The Morgan fingerprint density at radius 2 is 2.05 bits per heavy atom. The van der Waals surface area contributed by atoms with Gasteiger partial charge >= 0.3 is 0 Å². The van der Waals surface area contributed by atoms with Gasteiger partial charge in [-0.1, -0.05) is 13.0 Å². The molecule has 0 saturated carbocycles. The van der Waals surface area contributed by atoms with Crippen LogP contribution in [0.3, 0.4) is 0 Å². The Kier molecular flexibility index (Phi) is 4.60. The summed E-state index contributed by atoms with van der Waals surface area (Å²) in [5.74, 6) is -0.617. The van der Waals surface area contributed by atoms with Gasteiger partial charge in [0.15, 0.2) is 0 Å². The Bertz CT molecular complexity index is 597. The summed E-state index contributed by atoms with van der Waals surface area (Å²) in [6.45, 7) is 2.92. The van der Waals surface area contributed by atoms with E-state index >= 15 is 0 Å². The Labute approximate surface area is 111 Å². The van der Waals surface area contributed by atoms with E-state index in [1.165, 1.54) is 18.2 Å². The molecule has 1 amide bonds. The van der Waals surface area contributed by atoms with Gasteiger partial charge in [-0.25, -0.2) is 12.7 Å². The average molecular weight is 286 g/mol. The highest BCUT2D eigenvalue weighted by molar-refractivity contribution is 7.89. The SMILES string of the molecule is CCCN(C(C)=O)S(=O)(=O)c1cccc([N+](=O)[O-])c1. The normalized spacial score (nSPS) is 11.1. The molecule has 0 saturated heterocycles. The number of nitro benzene ring substituents is 1. The van der Waals surface area contributed by atoms with Crippen LogP contribution in [0, 0.1) is 10.1 Å². The third-order valence-electron chi connectivity index (χ3n) is 2.39. The highest BCUT2D eigenvalue weighted by Gasteiger charge is 2.27. The van der Waals surface area contributed by atoms with Crippen molar-refractivity contribution in [2.75, 3.05) is 6.54 Å². The van der Waals surface area contributed by atoms with Gasteiger partial charge < -0.3 is 0 Å². The monoisotopic (exact) mass is 286 g/mol. The smallest absolute Gasteiger partial charge is 0.270 e. The summed E-state index contributed by atoms with van der Waals surface area (Å²) in [7, 11) is -4.04. The summed E-state index contributed by atoms with van der Waals surface area (Å²) in [5, 5.41) is 10.6. The van der Waals surface area contributed by atoms with Crippen molar-refractivity contribution < 1.29 is 18.1 Å². The van der Waals surface area contributed by atoms with E-state index in [1.807, 2.05) is 0 Å². The van der Waals surface area contributed by atoms with Crippen LogP contribution in [0.15, 0.2) is 29.2 Å². The Hall–Kier alpha value is -1.96. The molecule has 1 rings (SSSR count). The summed E-state index contributed by atoms with van der Waals surface area (Å²) in [6, 6.07) is 4.64. The second kappa shape index (κ2) is 5.79. The van der Waals surface area contributed by atoms with Crippen molar-refractivity contribution in [1.29, 1.82) is 0 Å². The minimum absolute atomic E-state index is 0.0420. The lowest BCUT2D eigenvalue weighted by molar-refractivity contribution is -0.385. The number of nitrogens with zero attached hydrogens (tertiary/aromatic N) is 2. The van der Waals surface area contributed by atoms with E-state index in [0.717, 1.165) is 13.0 Å². The van der Waals surface area contributed by atoms with Gasteiger partial charge in [-0.2, -0.15) is 0 Å². The molecule has 19 heavy (non-hydrogen) atoms. The molecule has 1 aromatic carbocycles. The second-order valence-electron chi connectivity index (χ2n) is 3.85. The van der Waals surface area contributed by atoms with Gasteiger partial charge in [0.1, 0.15) is 0 Å². The van der Waals surface area contributed by atoms with Crippen LogP contribution in [0.25, 0.3) is 0 Å². The number of rotatable bonds is 5. The van der Waals surface area contributed by atoms with Gasteiger partial charge in [0.25, 0.3) is 15.7 Å². The van der Waals surface area contributed by atoms with Gasteiger partial charge in [-0.3, -0.25) is 14.9 Å². The van der Waals surface area contributed by atoms with E-state index < -0.39 is 20.9 Å². The lowest BCUT2D eigenvalue weighted by Gasteiger charge is -2.20. The molecule has 0 aliphatic rings. The van der Waals surface area contributed by atoms with Crippen molar-refractivity contribution in [2.45, 2.75) is 25.2 Å². The van der Waals surface area contributed by atoms with Crippen LogP contribution >= 0.6 is 0 Å². The molecule has 0 aromatic heterocycles. The van der Waals surface area contributed by atoms with Crippen LogP contribution in [0.1, 0.15) is 20.3 Å². The number of carbonyl (C=O) groups excluding carboxylic acids is 1. The third kappa shape index (κ3) is 3.28. The number of carbonyl (C=O) groups is 1. The molecule has 0 spiro atoms. The predicted molar refractivity (Wildman–Crippen MR) is 68.0 cm³/mol. The summed E-state index contributed by atoms with van der Waals surface area (Å²) < 4.78 is 25.2. The molecule has 7 nitrogen and oxygen atoms in total. The summed E-state index contributed by atoms with van der Waals surface area (Å²) in [4.78, 5) is 21.1. The Morgan fingerprint density at radius 3 is 2.53 bits per heavy atom. The quantitative estimate of drug-likeness (QED) is 0.604. The topological polar surface area (TPSA) is 97.6 Å². The van der Waals surface area contributed by atoms with Gasteiger partial charge in [0, 0.05) is 25.6 Å². The highest BCUT2D eigenvalue weighted by Crippen LogP contribution is 2.21. The van der Waals surface area contributed by atoms with Crippen LogP contribution in [-0.4, -0.2) is 30.1 Å². The first-order chi connectivity index (χ1) is 8.80. The van der Waals surface area contributed by atoms with E-state index in [2.05, 4.69) is 0 Å². The van der Waals surface area contributed by atoms with E-state index in [4.69, 9.17) is 0 Å². The Balaban J connectivity index is 3.29. The lowest BCUT2D eigenvalue weighted by atomic mass is 10.3. The molecule has 0 bridgehead atoms. The maximum absolute atomic E-state index is 12.2. The standard InChI is InChI=1S/C11H14N2O5S/c1-3-7-12(9(2)14)19(17,18)11-6-4-5-10(8-11)13(15)16/h4-6,8H,3,7H2,1-2H3. The van der Waals surface area contributed by atoms with Crippen LogP contribution in [0.4, 0.5) is 5.69 Å². The molecule has 0 heterocycles. The zero-order valence-electron chi connectivity index (χ0n) is 10.6. The maximum atomic E-state index is 12.2. The van der Waals surface area contributed by atoms with Crippen LogP contribution in [-0.2, 0) is 14.8 Å². The lowest BCUT2D eigenvalue weighted by Crippen LogP contribution is -2.35. The molecule has 104 valence electrons. The van der Waals surface area contributed by atoms with E-state index in [-0.39, 0.29) is 17.1 Å². The number of hydrogen-bond acceptors (Lipinski definition) is 5. The minimum atomic E-state index is -4.04. The third-order valence-corrected chi connectivity index (χ3v) is 4.26. The van der Waals surface area contributed by atoms with E-state index in [9.17, 15) is 23.3 Å². The fourth-order valence-corrected chi connectivity index (χ4v) is 3.07. The minimum Gasteiger partial charge on any atom is -0.274 e. The predicted octanol–water partition coefficient (Wildman–Crippen LogP) is 1.54. The van der Waals surface area contributed by atoms with Crippen LogP contribution in [0.5, 0.6) is 0 Å². The van der Waals surface area contributed by atoms with Crippen molar-refractivity contribution in [3.05, 3.63) is 34.4 Å². The van der Waals surface area contributed by atoms with E-state index in [1.54, 1.807) is 6.92 Å². The maximum Gasteiger partial charge on any atom is 0.270 e. The number of non-ortho nitro benzene ring substituents is 1. The van der Waals surface area contributed by atoms with Crippen LogP contribution in [0.2, 0.25) is 0 Å². The van der Waals surface area contributed by atoms with Gasteiger partial charge in [-0.15, -0.1) is 0 Å². The molecule has 0 unspecified atom stereocenters. The number of amides is 1. The molecule has 0 radical (unpaired) electrons. The first-order valence-corrected chi connectivity index (χ1v) is 7.02. The fraction of sp³-hybridized carbons (Fsp3) is 0.364. The van der Waals surface area contributed by atoms with Crippen molar-refractivity contribution >= 4 is 21.6 Å². The molecule has 0 aliphatic carbocycles. The van der Waals surface area contributed by atoms with Gasteiger partial charge in [0.2, 0.25) is 5.91 Å². The molecule has 0 N–H and O–H groups in total. The summed E-state index contributed by atoms with van der Waals surface area (Å²) in [5.41, 5.74) is -0.332. The molecule has 0 atom stereocenters. The van der Waals surface area contributed by atoms with Gasteiger partial charge in [0.05, 0.1) is 9.82 Å². The number of sulfonamides is 1. The molecular weight excluding hydrogens is 272 g/mol. The highest BCUT2D eigenvalue weighted by atomic mass is 32.2. The molecule has 0 aliphatic heterocycles. The first-order valence-electron chi connectivity index (χ1n) is 5.58. The van der Waals surface area contributed by atoms with Crippen molar-refractivity contribution in [3.8, 4) is 0 Å². The van der Waals surface area contributed by atoms with Gasteiger partial charge in [-0.05, 0) is 12.5 Å². The van der Waals surface area contributed by atoms with Crippen molar-refractivity contribution in [3.63, 3.8) is 0 Å². The first kappa shape index (κ1) is 15.1. The molecular formula is C11H14N2O5S. The fourth-order valence-electron chi connectivity index (χ4n) is 1.53. The number of hydrogen-bond donors (Lipinski definition) is 0. The number of benzene rings is 1. The summed E-state index contributed by atoms with van der Waals surface area (Å²) in [6.07, 6.45) is 0.466. The van der Waals surface area contributed by atoms with Crippen molar-refractivity contribution in [2.24, 2.45) is 0 Å². The Morgan fingerprint density at radius 1 is 1.42 bits per heavy atom. The number of nitro groups is 1. The summed E-state index contributed by atoms with van der Waals surface area (Å²) >= 11 is 0. The second-order valence-corrected chi connectivity index (χ2v) is 5.71. The molecule has 8 heteroatoms. The van der Waals surface area contributed by atoms with Crippen molar-refractivity contribution in [1.82, 2.24) is 4.31 Å². The molecule has 0 fully saturated rings.